The zero-order valence-corrected chi connectivity index (χ0v) is 13.2. The first-order valence-electron chi connectivity index (χ1n) is 7.46. The second-order valence-electron chi connectivity index (χ2n) is 5.56. The van der Waals surface area contributed by atoms with Crippen LogP contribution in [0, 0.1) is 5.92 Å². The van der Waals surface area contributed by atoms with Crippen molar-refractivity contribution in [1.82, 2.24) is 5.32 Å². The SMILES string of the molecule is COc1cccc(N2CC[C@H](CNCc3ccsc3)C2)c1. The van der Waals surface area contributed by atoms with E-state index in [0.717, 1.165) is 37.8 Å². The summed E-state index contributed by atoms with van der Waals surface area (Å²) in [5, 5.41) is 7.93. The van der Waals surface area contributed by atoms with Crippen molar-refractivity contribution in [3.63, 3.8) is 0 Å². The van der Waals surface area contributed by atoms with Crippen molar-refractivity contribution in [3.05, 3.63) is 46.7 Å². The van der Waals surface area contributed by atoms with Gasteiger partial charge in [0, 0.05) is 37.9 Å². The average Bonchev–Trinajstić information content (AvgIpc) is 3.19. The molecule has 4 heteroatoms. The van der Waals surface area contributed by atoms with Crippen LogP contribution in [0.4, 0.5) is 5.69 Å². The number of nitrogens with zero attached hydrogens (tertiary/aromatic N) is 1. The quantitative estimate of drug-likeness (QED) is 0.885. The van der Waals surface area contributed by atoms with Gasteiger partial charge in [-0.1, -0.05) is 6.07 Å². The molecule has 1 aliphatic rings. The molecule has 112 valence electrons. The number of anilines is 1. The fourth-order valence-electron chi connectivity index (χ4n) is 2.85. The van der Waals surface area contributed by atoms with Gasteiger partial charge in [0.2, 0.25) is 0 Å². The molecule has 1 atom stereocenters. The van der Waals surface area contributed by atoms with E-state index in [4.69, 9.17) is 4.74 Å². The van der Waals surface area contributed by atoms with Gasteiger partial charge in [0.25, 0.3) is 0 Å². The fraction of sp³-hybridized carbons (Fsp3) is 0.412. The maximum absolute atomic E-state index is 5.31. The molecule has 1 aromatic carbocycles. The molecule has 1 fully saturated rings. The van der Waals surface area contributed by atoms with Gasteiger partial charge in [0.1, 0.15) is 5.75 Å². The van der Waals surface area contributed by atoms with Crippen molar-refractivity contribution >= 4 is 17.0 Å². The van der Waals surface area contributed by atoms with E-state index in [-0.39, 0.29) is 0 Å². The number of rotatable bonds is 6. The second-order valence-corrected chi connectivity index (χ2v) is 6.34. The van der Waals surface area contributed by atoms with Gasteiger partial charge >= 0.3 is 0 Å². The summed E-state index contributed by atoms with van der Waals surface area (Å²) in [5.74, 6) is 1.67. The van der Waals surface area contributed by atoms with E-state index in [2.05, 4.69) is 45.2 Å². The molecule has 0 amide bonds. The Kier molecular flexibility index (Phi) is 4.78. The molecule has 0 unspecified atom stereocenters. The summed E-state index contributed by atoms with van der Waals surface area (Å²) >= 11 is 1.76. The molecule has 0 spiro atoms. The highest BCUT2D eigenvalue weighted by Crippen LogP contribution is 2.26. The van der Waals surface area contributed by atoms with Gasteiger partial charge in [-0.2, -0.15) is 11.3 Å². The molecule has 0 bridgehead atoms. The van der Waals surface area contributed by atoms with Crippen LogP contribution in [0.15, 0.2) is 41.1 Å². The van der Waals surface area contributed by atoms with Gasteiger partial charge in [0.15, 0.2) is 0 Å². The molecule has 2 aromatic rings. The molecule has 0 saturated carbocycles. The number of benzene rings is 1. The lowest BCUT2D eigenvalue weighted by Crippen LogP contribution is -2.26. The molecule has 1 aliphatic heterocycles. The maximum atomic E-state index is 5.31. The van der Waals surface area contributed by atoms with Gasteiger partial charge in [-0.15, -0.1) is 0 Å². The summed E-state index contributed by atoms with van der Waals surface area (Å²) < 4.78 is 5.31. The summed E-state index contributed by atoms with van der Waals surface area (Å²) in [4.78, 5) is 2.46. The normalized spacial score (nSPS) is 18.1. The highest BCUT2D eigenvalue weighted by Gasteiger charge is 2.22. The molecular formula is C17H22N2OS. The average molecular weight is 302 g/mol. The van der Waals surface area contributed by atoms with E-state index in [1.54, 1.807) is 18.4 Å². The van der Waals surface area contributed by atoms with Gasteiger partial charge in [-0.25, -0.2) is 0 Å². The lowest BCUT2D eigenvalue weighted by atomic mass is 10.1. The monoisotopic (exact) mass is 302 g/mol. The van der Waals surface area contributed by atoms with Crippen molar-refractivity contribution in [3.8, 4) is 5.75 Å². The van der Waals surface area contributed by atoms with E-state index in [0.29, 0.717) is 0 Å². The summed E-state index contributed by atoms with van der Waals surface area (Å²) in [6.45, 7) is 4.34. The largest absolute Gasteiger partial charge is 0.497 e. The first-order valence-corrected chi connectivity index (χ1v) is 8.40. The molecular weight excluding hydrogens is 280 g/mol. The second kappa shape index (κ2) is 6.96. The van der Waals surface area contributed by atoms with Crippen LogP contribution < -0.4 is 15.0 Å². The third kappa shape index (κ3) is 3.77. The van der Waals surface area contributed by atoms with Crippen molar-refractivity contribution in [2.24, 2.45) is 5.92 Å². The Hall–Kier alpha value is -1.52. The summed E-state index contributed by atoms with van der Waals surface area (Å²) in [6, 6.07) is 10.6. The number of nitrogens with one attached hydrogen (secondary N) is 1. The molecule has 3 nitrogen and oxygen atoms in total. The summed E-state index contributed by atoms with van der Waals surface area (Å²) in [5.41, 5.74) is 2.66. The van der Waals surface area contributed by atoms with Crippen molar-refractivity contribution in [1.29, 1.82) is 0 Å². The van der Waals surface area contributed by atoms with Gasteiger partial charge < -0.3 is 15.0 Å². The zero-order valence-electron chi connectivity index (χ0n) is 12.4. The predicted octanol–water partition coefficient (Wildman–Crippen LogP) is 3.37. The Balaban J connectivity index is 1.48. The topological polar surface area (TPSA) is 24.5 Å². The Morgan fingerprint density at radius 2 is 2.33 bits per heavy atom. The molecule has 0 aliphatic carbocycles. The smallest absolute Gasteiger partial charge is 0.120 e. The number of hydrogen-bond donors (Lipinski definition) is 1. The minimum atomic E-state index is 0.731. The lowest BCUT2D eigenvalue weighted by molar-refractivity contribution is 0.415. The van der Waals surface area contributed by atoms with Gasteiger partial charge in [-0.3, -0.25) is 0 Å². The maximum Gasteiger partial charge on any atom is 0.120 e. The van der Waals surface area contributed by atoms with Gasteiger partial charge in [0.05, 0.1) is 7.11 Å². The van der Waals surface area contributed by atoms with Crippen LogP contribution >= 0.6 is 11.3 Å². The first kappa shape index (κ1) is 14.4. The Morgan fingerprint density at radius 1 is 1.38 bits per heavy atom. The van der Waals surface area contributed by atoms with Crippen LogP contribution in [-0.4, -0.2) is 26.7 Å². The molecule has 1 N–H and O–H groups in total. The van der Waals surface area contributed by atoms with Crippen LogP contribution in [0.25, 0.3) is 0 Å². The fourth-order valence-corrected chi connectivity index (χ4v) is 3.52. The van der Waals surface area contributed by atoms with E-state index in [9.17, 15) is 0 Å². The molecule has 0 radical (unpaired) electrons. The molecule has 1 saturated heterocycles. The third-order valence-corrected chi connectivity index (χ3v) is 4.78. The predicted molar refractivity (Wildman–Crippen MR) is 89.3 cm³/mol. The Labute approximate surface area is 130 Å². The van der Waals surface area contributed by atoms with Crippen LogP contribution in [0.1, 0.15) is 12.0 Å². The third-order valence-electron chi connectivity index (χ3n) is 4.05. The molecule has 1 aromatic heterocycles. The summed E-state index contributed by atoms with van der Waals surface area (Å²) in [6.07, 6.45) is 1.26. The number of thiophene rings is 1. The standard InChI is InChI=1S/C17H22N2OS/c1-20-17-4-2-3-16(9-17)19-7-5-14(12-19)10-18-11-15-6-8-21-13-15/h2-4,6,8-9,13-14,18H,5,7,10-12H2,1H3/t14-/m1/s1. The minimum Gasteiger partial charge on any atom is -0.497 e. The van der Waals surface area contributed by atoms with Crippen molar-refractivity contribution in [2.45, 2.75) is 13.0 Å². The van der Waals surface area contributed by atoms with E-state index < -0.39 is 0 Å². The first-order chi connectivity index (χ1) is 10.3. The number of hydrogen-bond acceptors (Lipinski definition) is 4. The highest BCUT2D eigenvalue weighted by atomic mass is 32.1. The van der Waals surface area contributed by atoms with Crippen molar-refractivity contribution < 1.29 is 4.74 Å². The minimum absolute atomic E-state index is 0.731. The van der Waals surface area contributed by atoms with Crippen LogP contribution in [-0.2, 0) is 6.54 Å². The number of methoxy groups -OCH3 is 1. The molecule has 21 heavy (non-hydrogen) atoms. The van der Waals surface area contributed by atoms with E-state index in [1.807, 2.05) is 6.07 Å². The van der Waals surface area contributed by atoms with Crippen LogP contribution in [0.3, 0.4) is 0 Å². The molecule has 2 heterocycles. The van der Waals surface area contributed by atoms with Gasteiger partial charge in [-0.05, 0) is 46.9 Å². The zero-order chi connectivity index (χ0) is 14.5. The van der Waals surface area contributed by atoms with E-state index >= 15 is 0 Å². The van der Waals surface area contributed by atoms with E-state index in [1.165, 1.54) is 17.7 Å². The van der Waals surface area contributed by atoms with Crippen LogP contribution in [0.5, 0.6) is 5.75 Å². The Bertz CT molecular complexity index is 556. The Morgan fingerprint density at radius 3 is 3.14 bits per heavy atom. The molecule has 3 rings (SSSR count). The summed E-state index contributed by atoms with van der Waals surface area (Å²) in [7, 11) is 1.72. The lowest BCUT2D eigenvalue weighted by Gasteiger charge is -2.19. The number of ether oxygens (including phenoxy) is 1. The van der Waals surface area contributed by atoms with Crippen LogP contribution in [0.2, 0.25) is 0 Å². The van der Waals surface area contributed by atoms with Crippen molar-refractivity contribution in [2.75, 3.05) is 31.6 Å². The highest BCUT2D eigenvalue weighted by molar-refractivity contribution is 7.07.